The van der Waals surface area contributed by atoms with Crippen LogP contribution in [0.1, 0.15) is 110 Å². The maximum atomic E-state index is 13.9. The highest BCUT2D eigenvalue weighted by molar-refractivity contribution is 5.75. The molecular formula is C33H47F3O3. The molecule has 3 aliphatic carbocycles. The van der Waals surface area contributed by atoms with Gasteiger partial charge >= 0.3 is 12.6 Å². The number of hydrogen-bond acceptors (Lipinski definition) is 3. The fraction of sp³-hybridized carbons (Fsp3) is 0.727. The van der Waals surface area contributed by atoms with E-state index in [1.54, 1.807) is 0 Å². The van der Waals surface area contributed by atoms with Crippen molar-refractivity contribution in [3.05, 3.63) is 36.2 Å². The summed E-state index contributed by atoms with van der Waals surface area (Å²) in [4.78, 5) is 12.6. The molecule has 3 aliphatic rings. The van der Waals surface area contributed by atoms with Gasteiger partial charge in [-0.25, -0.2) is 4.39 Å². The molecule has 3 saturated carbocycles. The molecule has 1 aromatic carbocycles. The van der Waals surface area contributed by atoms with Gasteiger partial charge in [0.15, 0.2) is 11.6 Å². The Hall–Kier alpha value is -1.98. The number of esters is 1. The molecule has 6 heteroatoms. The first-order chi connectivity index (χ1) is 18.9. The number of halogens is 3. The van der Waals surface area contributed by atoms with Crippen molar-refractivity contribution >= 4 is 5.97 Å². The smallest absolute Gasteiger partial charge is 0.387 e. The molecule has 0 N–H and O–H groups in total. The molecule has 0 aromatic heterocycles. The number of benzene rings is 1. The van der Waals surface area contributed by atoms with E-state index in [1.165, 1.54) is 83.1 Å². The minimum Gasteiger partial charge on any atom is -0.432 e. The molecule has 0 unspecified atom stereocenters. The zero-order chi connectivity index (χ0) is 27.6. The fourth-order valence-corrected chi connectivity index (χ4v) is 7.16. The molecule has 1 aromatic rings. The molecule has 3 fully saturated rings. The fourth-order valence-electron chi connectivity index (χ4n) is 7.16. The zero-order valence-electron chi connectivity index (χ0n) is 23.6. The Kier molecular flexibility index (Phi) is 11.6. The quantitative estimate of drug-likeness (QED) is 0.157. The Morgan fingerprint density at radius 1 is 0.821 bits per heavy atom. The number of hydrogen-bond donors (Lipinski definition) is 0. The van der Waals surface area contributed by atoms with Crippen molar-refractivity contribution < 1.29 is 27.4 Å². The summed E-state index contributed by atoms with van der Waals surface area (Å²) >= 11 is 0. The number of ether oxygens (including phenoxy) is 2. The van der Waals surface area contributed by atoms with Gasteiger partial charge in [0.25, 0.3) is 0 Å². The summed E-state index contributed by atoms with van der Waals surface area (Å²) < 4.78 is 47.9. The van der Waals surface area contributed by atoms with Crippen LogP contribution in [0.25, 0.3) is 0 Å². The monoisotopic (exact) mass is 548 g/mol. The minimum atomic E-state index is -3.11. The van der Waals surface area contributed by atoms with Crippen LogP contribution in [0, 0.1) is 41.3 Å². The van der Waals surface area contributed by atoms with Gasteiger partial charge in [-0.05, 0) is 93.1 Å². The zero-order valence-corrected chi connectivity index (χ0v) is 23.6. The average molecular weight is 549 g/mol. The van der Waals surface area contributed by atoms with Crippen molar-refractivity contribution in [3.63, 3.8) is 0 Å². The van der Waals surface area contributed by atoms with Crippen molar-refractivity contribution in [3.8, 4) is 11.5 Å². The van der Waals surface area contributed by atoms with Gasteiger partial charge in [-0.2, -0.15) is 8.78 Å². The summed E-state index contributed by atoms with van der Waals surface area (Å²) in [5, 5.41) is 0. The third-order valence-electron chi connectivity index (χ3n) is 9.64. The highest BCUT2D eigenvalue weighted by Crippen LogP contribution is 2.38. The summed E-state index contributed by atoms with van der Waals surface area (Å²) in [6.45, 7) is -0.793. The Balaban J connectivity index is 1.10. The third kappa shape index (κ3) is 9.56. The lowest BCUT2D eigenvalue weighted by Gasteiger charge is -2.31. The first-order valence-corrected chi connectivity index (χ1v) is 15.5. The third-order valence-corrected chi connectivity index (χ3v) is 9.64. The second-order valence-electron chi connectivity index (χ2n) is 12.4. The van der Waals surface area contributed by atoms with E-state index >= 15 is 0 Å². The SMILES string of the molecule is CCCC1CCC(CCC2CCC(C=CC3CCC(C(=O)Oc4ccc(OC(F)F)c(F)c4)CC3)CC2)CC1. The van der Waals surface area contributed by atoms with Gasteiger partial charge in [0.2, 0.25) is 0 Å². The summed E-state index contributed by atoms with van der Waals surface area (Å²) in [5.41, 5.74) is 0. The van der Waals surface area contributed by atoms with E-state index in [0.29, 0.717) is 11.8 Å². The largest absolute Gasteiger partial charge is 0.432 e. The molecule has 0 aliphatic heterocycles. The van der Waals surface area contributed by atoms with Crippen LogP contribution in [0.15, 0.2) is 30.4 Å². The molecule has 0 atom stereocenters. The summed E-state index contributed by atoms with van der Waals surface area (Å²) in [6, 6.07) is 3.25. The normalized spacial score (nSPS) is 30.0. The van der Waals surface area contributed by atoms with E-state index in [1.807, 2.05) is 0 Å². The van der Waals surface area contributed by atoms with E-state index < -0.39 is 18.2 Å². The Labute approximate surface area is 232 Å². The second-order valence-corrected chi connectivity index (χ2v) is 12.4. The summed E-state index contributed by atoms with van der Waals surface area (Å²) in [6.07, 6.45) is 25.1. The van der Waals surface area contributed by atoms with E-state index in [2.05, 4.69) is 23.8 Å². The molecule has 218 valence electrons. The summed E-state index contributed by atoms with van der Waals surface area (Å²) in [7, 11) is 0. The van der Waals surface area contributed by atoms with Crippen LogP contribution >= 0.6 is 0 Å². The van der Waals surface area contributed by atoms with Crippen molar-refractivity contribution in [1.29, 1.82) is 0 Å². The molecule has 39 heavy (non-hydrogen) atoms. The lowest BCUT2D eigenvalue weighted by Crippen LogP contribution is -2.25. The van der Waals surface area contributed by atoms with Crippen LogP contribution < -0.4 is 9.47 Å². The minimum absolute atomic E-state index is 0.0103. The molecule has 0 spiro atoms. The molecule has 0 bridgehead atoms. The maximum Gasteiger partial charge on any atom is 0.387 e. The van der Waals surface area contributed by atoms with Crippen molar-refractivity contribution in [2.75, 3.05) is 0 Å². The van der Waals surface area contributed by atoms with Crippen LogP contribution in [-0.2, 0) is 4.79 Å². The Morgan fingerprint density at radius 2 is 1.33 bits per heavy atom. The molecule has 0 radical (unpaired) electrons. The lowest BCUT2D eigenvalue weighted by atomic mass is 9.74. The van der Waals surface area contributed by atoms with E-state index in [4.69, 9.17) is 4.74 Å². The van der Waals surface area contributed by atoms with Crippen LogP contribution in [0.5, 0.6) is 11.5 Å². The van der Waals surface area contributed by atoms with Crippen molar-refractivity contribution in [2.45, 2.75) is 116 Å². The highest BCUT2D eigenvalue weighted by Gasteiger charge is 2.28. The Morgan fingerprint density at radius 3 is 1.85 bits per heavy atom. The molecule has 4 rings (SSSR count). The number of alkyl halides is 2. The van der Waals surface area contributed by atoms with Crippen molar-refractivity contribution in [1.82, 2.24) is 0 Å². The molecule has 0 heterocycles. The standard InChI is InChI=1S/C33H47F3O3/c1-2-3-23-4-6-24(7-5-23)8-9-25-10-12-26(13-11-25)14-15-27-16-18-28(19-17-27)32(37)38-29-20-21-31(30(34)22-29)39-33(35)36/h14-15,20-28,33H,2-13,16-19H2,1H3. The summed E-state index contributed by atoms with van der Waals surface area (Å²) in [5.74, 6) is 1.97. The Bertz CT molecular complexity index is 909. The highest BCUT2D eigenvalue weighted by atomic mass is 19.3. The second kappa shape index (κ2) is 15.1. The molecule has 0 saturated heterocycles. The van der Waals surface area contributed by atoms with Gasteiger partial charge < -0.3 is 9.47 Å². The van der Waals surface area contributed by atoms with Gasteiger partial charge in [-0.1, -0.05) is 70.4 Å². The van der Waals surface area contributed by atoms with Gasteiger partial charge in [0.05, 0.1) is 5.92 Å². The van der Waals surface area contributed by atoms with Crippen LogP contribution in [-0.4, -0.2) is 12.6 Å². The van der Waals surface area contributed by atoms with Crippen LogP contribution in [0.3, 0.4) is 0 Å². The predicted molar refractivity (Wildman–Crippen MR) is 148 cm³/mol. The molecular weight excluding hydrogens is 501 g/mol. The predicted octanol–water partition coefficient (Wildman–Crippen LogP) is 9.89. The first-order valence-electron chi connectivity index (χ1n) is 15.5. The number of allylic oxidation sites excluding steroid dienone is 2. The van der Waals surface area contributed by atoms with Crippen LogP contribution in [0.2, 0.25) is 0 Å². The molecule has 3 nitrogen and oxygen atoms in total. The van der Waals surface area contributed by atoms with E-state index in [0.717, 1.165) is 55.6 Å². The van der Waals surface area contributed by atoms with E-state index in [-0.39, 0.29) is 17.6 Å². The number of rotatable bonds is 11. The first kappa shape index (κ1) is 30.0. The van der Waals surface area contributed by atoms with Crippen LogP contribution in [0.4, 0.5) is 13.2 Å². The average Bonchev–Trinajstić information content (AvgIpc) is 2.94. The van der Waals surface area contributed by atoms with Crippen molar-refractivity contribution in [2.24, 2.45) is 35.5 Å². The number of carbonyl (C=O) groups is 1. The lowest BCUT2D eigenvalue weighted by molar-refractivity contribution is -0.140. The molecule has 0 amide bonds. The van der Waals surface area contributed by atoms with E-state index in [9.17, 15) is 18.0 Å². The van der Waals surface area contributed by atoms with Gasteiger partial charge in [0.1, 0.15) is 5.75 Å². The van der Waals surface area contributed by atoms with Gasteiger partial charge in [0, 0.05) is 6.07 Å². The topological polar surface area (TPSA) is 35.5 Å². The number of carbonyl (C=O) groups excluding carboxylic acids is 1. The van der Waals surface area contributed by atoms with Gasteiger partial charge in [-0.3, -0.25) is 4.79 Å². The maximum absolute atomic E-state index is 13.9. The van der Waals surface area contributed by atoms with Gasteiger partial charge in [-0.15, -0.1) is 0 Å².